The maximum atomic E-state index is 9.24. The van der Waals surface area contributed by atoms with Gasteiger partial charge in [0, 0.05) is 37.5 Å². The molecule has 0 fully saturated rings. The topological polar surface area (TPSA) is 44.7 Å². The van der Waals surface area contributed by atoms with Gasteiger partial charge in [0.05, 0.1) is 13.2 Å². The fourth-order valence-corrected chi connectivity index (χ4v) is 2.22. The zero-order valence-electron chi connectivity index (χ0n) is 12.4. The molecule has 0 unspecified atom stereocenters. The lowest BCUT2D eigenvalue weighted by atomic mass is 10.1. The van der Waals surface area contributed by atoms with E-state index in [0.29, 0.717) is 18.2 Å². The van der Waals surface area contributed by atoms with Crippen LogP contribution in [0.4, 0.5) is 5.69 Å². The number of ether oxygens (including phenoxy) is 1. The summed E-state index contributed by atoms with van der Waals surface area (Å²) in [5, 5.41) is 13.3. The van der Waals surface area contributed by atoms with Gasteiger partial charge in [-0.2, -0.15) is 0 Å². The van der Waals surface area contributed by atoms with Crippen LogP contribution in [-0.4, -0.2) is 45.1 Å². The highest BCUT2D eigenvalue weighted by atomic mass is 35.5. The summed E-state index contributed by atoms with van der Waals surface area (Å²) < 4.78 is 5.14. The number of hydrogen-bond acceptors (Lipinski definition) is 4. The normalized spacial score (nSPS) is 10.8. The minimum absolute atomic E-state index is 0.109. The van der Waals surface area contributed by atoms with Gasteiger partial charge >= 0.3 is 0 Å². The van der Waals surface area contributed by atoms with Crippen LogP contribution in [0.2, 0.25) is 5.02 Å². The van der Waals surface area contributed by atoms with E-state index in [1.807, 2.05) is 18.2 Å². The number of nitrogens with zero attached hydrogens (tertiary/aromatic N) is 1. The first-order valence-electron chi connectivity index (χ1n) is 7.06. The third-order valence-corrected chi connectivity index (χ3v) is 3.30. The SMILES string of the molecule is CCCNCc1ccc(Cl)cc1N(CCO)CCOC. The smallest absolute Gasteiger partial charge is 0.0637 e. The van der Waals surface area contributed by atoms with Gasteiger partial charge in [0.1, 0.15) is 0 Å². The first-order chi connectivity index (χ1) is 9.72. The van der Waals surface area contributed by atoms with Gasteiger partial charge in [-0.25, -0.2) is 0 Å². The van der Waals surface area contributed by atoms with Crippen LogP contribution < -0.4 is 10.2 Å². The van der Waals surface area contributed by atoms with Crippen molar-refractivity contribution in [3.63, 3.8) is 0 Å². The molecule has 0 radical (unpaired) electrons. The van der Waals surface area contributed by atoms with E-state index in [4.69, 9.17) is 16.3 Å². The van der Waals surface area contributed by atoms with Gasteiger partial charge in [-0.1, -0.05) is 24.6 Å². The maximum Gasteiger partial charge on any atom is 0.0637 e. The number of aliphatic hydroxyl groups excluding tert-OH is 1. The molecule has 4 nitrogen and oxygen atoms in total. The number of methoxy groups -OCH3 is 1. The zero-order chi connectivity index (χ0) is 14.8. The van der Waals surface area contributed by atoms with Crippen LogP contribution in [0.5, 0.6) is 0 Å². The van der Waals surface area contributed by atoms with Gasteiger partial charge in [0.25, 0.3) is 0 Å². The second-order valence-corrected chi connectivity index (χ2v) is 5.09. The second-order valence-electron chi connectivity index (χ2n) is 4.65. The Kier molecular flexibility index (Phi) is 8.62. The van der Waals surface area contributed by atoms with Gasteiger partial charge in [-0.3, -0.25) is 0 Å². The van der Waals surface area contributed by atoms with E-state index in [2.05, 4.69) is 17.1 Å². The summed E-state index contributed by atoms with van der Waals surface area (Å²) in [4.78, 5) is 2.11. The van der Waals surface area contributed by atoms with Gasteiger partial charge in [0.2, 0.25) is 0 Å². The monoisotopic (exact) mass is 300 g/mol. The number of halogens is 1. The van der Waals surface area contributed by atoms with Crippen LogP contribution in [0.25, 0.3) is 0 Å². The Morgan fingerprint density at radius 2 is 2.15 bits per heavy atom. The van der Waals surface area contributed by atoms with E-state index >= 15 is 0 Å². The van der Waals surface area contributed by atoms with E-state index in [1.165, 1.54) is 5.56 Å². The zero-order valence-corrected chi connectivity index (χ0v) is 13.1. The molecule has 0 aliphatic heterocycles. The van der Waals surface area contributed by atoms with Gasteiger partial charge in [-0.15, -0.1) is 0 Å². The number of rotatable bonds is 10. The quantitative estimate of drug-likeness (QED) is 0.651. The van der Waals surface area contributed by atoms with Crippen LogP contribution in [0.3, 0.4) is 0 Å². The van der Waals surface area contributed by atoms with Crippen molar-refractivity contribution < 1.29 is 9.84 Å². The molecule has 0 aliphatic rings. The van der Waals surface area contributed by atoms with Crippen LogP contribution in [0.15, 0.2) is 18.2 Å². The maximum absolute atomic E-state index is 9.24. The molecule has 1 aromatic rings. The average molecular weight is 301 g/mol. The predicted octanol–water partition coefficient (Wildman–Crippen LogP) is 2.28. The van der Waals surface area contributed by atoms with Crippen LogP contribution in [0, 0.1) is 0 Å². The molecule has 0 saturated heterocycles. The summed E-state index contributed by atoms with van der Waals surface area (Å²) in [6.07, 6.45) is 1.10. The first kappa shape index (κ1) is 17.2. The lowest BCUT2D eigenvalue weighted by Gasteiger charge is -2.26. The van der Waals surface area contributed by atoms with Crippen LogP contribution >= 0.6 is 11.6 Å². The number of nitrogens with one attached hydrogen (secondary N) is 1. The third kappa shape index (κ3) is 5.67. The standard InChI is InChI=1S/C15H25ClN2O2/c1-3-6-17-12-13-4-5-14(16)11-15(13)18(7-9-19)8-10-20-2/h4-5,11,17,19H,3,6-10,12H2,1-2H3. The highest BCUT2D eigenvalue weighted by Crippen LogP contribution is 2.25. The minimum atomic E-state index is 0.109. The van der Waals surface area contributed by atoms with Crippen molar-refractivity contribution in [2.24, 2.45) is 0 Å². The molecule has 0 aliphatic carbocycles. The largest absolute Gasteiger partial charge is 0.395 e. The summed E-state index contributed by atoms with van der Waals surface area (Å²) in [6.45, 7) is 5.97. The van der Waals surface area contributed by atoms with Gasteiger partial charge in [-0.05, 0) is 30.7 Å². The van der Waals surface area contributed by atoms with Crippen molar-refractivity contribution in [3.05, 3.63) is 28.8 Å². The summed E-state index contributed by atoms with van der Waals surface area (Å²) in [7, 11) is 1.68. The molecule has 20 heavy (non-hydrogen) atoms. The Bertz CT molecular complexity index is 388. The fraction of sp³-hybridized carbons (Fsp3) is 0.600. The minimum Gasteiger partial charge on any atom is -0.395 e. The van der Waals surface area contributed by atoms with E-state index in [9.17, 15) is 5.11 Å². The van der Waals surface area contributed by atoms with Crippen molar-refractivity contribution in [3.8, 4) is 0 Å². The molecule has 0 aromatic heterocycles. The van der Waals surface area contributed by atoms with Crippen molar-refractivity contribution >= 4 is 17.3 Å². The molecular weight excluding hydrogens is 276 g/mol. The van der Waals surface area contributed by atoms with Crippen LogP contribution in [-0.2, 0) is 11.3 Å². The molecule has 5 heteroatoms. The van der Waals surface area contributed by atoms with Gasteiger partial charge in [0.15, 0.2) is 0 Å². The van der Waals surface area contributed by atoms with Gasteiger partial charge < -0.3 is 20.1 Å². The molecule has 1 rings (SSSR count). The molecule has 0 atom stereocenters. The number of aliphatic hydroxyl groups is 1. The Morgan fingerprint density at radius 1 is 1.35 bits per heavy atom. The Labute approximate surface area is 126 Å². The molecule has 0 amide bonds. The summed E-state index contributed by atoms with van der Waals surface area (Å²) >= 11 is 6.12. The summed E-state index contributed by atoms with van der Waals surface area (Å²) in [5.41, 5.74) is 2.25. The molecule has 0 spiro atoms. The van der Waals surface area contributed by atoms with E-state index < -0.39 is 0 Å². The molecule has 2 N–H and O–H groups in total. The highest BCUT2D eigenvalue weighted by Gasteiger charge is 2.11. The van der Waals surface area contributed by atoms with Crippen molar-refractivity contribution in [2.45, 2.75) is 19.9 Å². The van der Waals surface area contributed by atoms with Crippen LogP contribution in [0.1, 0.15) is 18.9 Å². The second kappa shape index (κ2) is 10.00. The molecule has 0 heterocycles. The number of hydrogen-bond donors (Lipinski definition) is 2. The number of benzene rings is 1. The molecule has 0 bridgehead atoms. The Balaban J connectivity index is 2.88. The lowest BCUT2D eigenvalue weighted by molar-refractivity contribution is 0.203. The average Bonchev–Trinajstić information content (AvgIpc) is 2.45. The first-order valence-corrected chi connectivity index (χ1v) is 7.44. The summed E-state index contributed by atoms with van der Waals surface area (Å²) in [5.74, 6) is 0. The Hall–Kier alpha value is -0.810. The lowest BCUT2D eigenvalue weighted by Crippen LogP contribution is -2.31. The molecular formula is C15H25ClN2O2. The molecule has 0 saturated carbocycles. The van der Waals surface area contributed by atoms with E-state index in [1.54, 1.807) is 7.11 Å². The third-order valence-electron chi connectivity index (χ3n) is 3.07. The van der Waals surface area contributed by atoms with Crippen molar-refractivity contribution in [1.29, 1.82) is 0 Å². The van der Waals surface area contributed by atoms with Crippen molar-refractivity contribution in [1.82, 2.24) is 5.32 Å². The summed E-state index contributed by atoms with van der Waals surface area (Å²) in [6, 6.07) is 5.90. The highest BCUT2D eigenvalue weighted by molar-refractivity contribution is 6.30. The molecule has 114 valence electrons. The van der Waals surface area contributed by atoms with Crippen molar-refractivity contribution in [2.75, 3.05) is 44.9 Å². The Morgan fingerprint density at radius 3 is 2.80 bits per heavy atom. The molecule has 1 aromatic carbocycles. The predicted molar refractivity (Wildman–Crippen MR) is 84.6 cm³/mol. The van der Waals surface area contributed by atoms with E-state index in [0.717, 1.165) is 31.7 Å². The van der Waals surface area contributed by atoms with E-state index in [-0.39, 0.29) is 6.61 Å². The number of anilines is 1. The fourth-order valence-electron chi connectivity index (χ4n) is 2.06.